The van der Waals surface area contributed by atoms with Gasteiger partial charge in [-0.2, -0.15) is 0 Å². The van der Waals surface area contributed by atoms with Gasteiger partial charge in [0.1, 0.15) is 0 Å². The Morgan fingerprint density at radius 2 is 1.27 bits per heavy atom. The summed E-state index contributed by atoms with van der Waals surface area (Å²) >= 11 is 0. The van der Waals surface area contributed by atoms with Crippen LogP contribution in [0.2, 0.25) is 0 Å². The molecular formula is C28H28O5. The van der Waals surface area contributed by atoms with Gasteiger partial charge in [-0.1, -0.05) is 73.7 Å². The number of carbonyl (C=O) groups is 2. The summed E-state index contributed by atoms with van der Waals surface area (Å²) in [6, 6.07) is 27.8. The van der Waals surface area contributed by atoms with E-state index in [1.807, 2.05) is 37.3 Å². The Morgan fingerprint density at radius 3 is 1.82 bits per heavy atom. The van der Waals surface area contributed by atoms with Crippen molar-refractivity contribution in [1.82, 2.24) is 0 Å². The molecule has 4 rings (SSSR count). The smallest absolute Gasteiger partial charge is 0.340 e. The van der Waals surface area contributed by atoms with Gasteiger partial charge in [0, 0.05) is 5.92 Å². The zero-order valence-electron chi connectivity index (χ0n) is 18.6. The van der Waals surface area contributed by atoms with E-state index in [2.05, 4.69) is 12.1 Å². The molecule has 1 aliphatic rings. The summed E-state index contributed by atoms with van der Waals surface area (Å²) in [7, 11) is 0. The third-order valence-electron chi connectivity index (χ3n) is 5.97. The van der Waals surface area contributed by atoms with Crippen molar-refractivity contribution in [1.29, 1.82) is 0 Å². The van der Waals surface area contributed by atoms with Gasteiger partial charge in [0.2, 0.25) is 6.29 Å². The van der Waals surface area contributed by atoms with Gasteiger partial charge in [0.05, 0.1) is 17.2 Å². The van der Waals surface area contributed by atoms with Gasteiger partial charge < -0.3 is 14.2 Å². The molecule has 3 aromatic rings. The molecule has 170 valence electrons. The molecule has 3 aromatic carbocycles. The van der Waals surface area contributed by atoms with E-state index in [1.165, 1.54) is 5.56 Å². The van der Waals surface area contributed by atoms with Crippen molar-refractivity contribution in [2.75, 3.05) is 0 Å². The van der Waals surface area contributed by atoms with Crippen molar-refractivity contribution in [3.8, 4) is 0 Å². The van der Waals surface area contributed by atoms with E-state index in [9.17, 15) is 9.59 Å². The van der Waals surface area contributed by atoms with Crippen molar-refractivity contribution < 1.29 is 23.8 Å². The summed E-state index contributed by atoms with van der Waals surface area (Å²) < 4.78 is 17.8. The first kappa shape index (κ1) is 22.7. The molecule has 1 saturated heterocycles. The molecule has 0 bridgehead atoms. The number of carbonyl (C=O) groups excluding carboxylic acids is 2. The summed E-state index contributed by atoms with van der Waals surface area (Å²) in [5, 5.41) is 0. The maximum absolute atomic E-state index is 12.9. The lowest BCUT2D eigenvalue weighted by atomic mass is 9.90. The normalized spacial score (nSPS) is 22.0. The van der Waals surface area contributed by atoms with Crippen LogP contribution in [0, 0.1) is 5.92 Å². The van der Waals surface area contributed by atoms with Crippen LogP contribution in [0.4, 0.5) is 0 Å². The largest absolute Gasteiger partial charge is 0.452 e. The van der Waals surface area contributed by atoms with E-state index >= 15 is 0 Å². The van der Waals surface area contributed by atoms with Crippen LogP contribution in [0.1, 0.15) is 46.0 Å². The Hall–Kier alpha value is -3.44. The Bertz CT molecular complexity index is 1040. The van der Waals surface area contributed by atoms with Crippen LogP contribution in [-0.4, -0.2) is 30.4 Å². The van der Waals surface area contributed by atoms with Gasteiger partial charge in [0.25, 0.3) is 0 Å². The molecule has 0 radical (unpaired) electrons. The van der Waals surface area contributed by atoms with Crippen LogP contribution >= 0.6 is 0 Å². The fraction of sp³-hybridized carbons (Fsp3) is 0.286. The van der Waals surface area contributed by atoms with Crippen molar-refractivity contribution >= 4 is 11.9 Å². The maximum Gasteiger partial charge on any atom is 0.340 e. The molecule has 1 heterocycles. The number of rotatable bonds is 8. The highest BCUT2D eigenvalue weighted by Gasteiger charge is 2.48. The average molecular weight is 445 g/mol. The lowest BCUT2D eigenvalue weighted by molar-refractivity contribution is -0.136. The summed E-state index contributed by atoms with van der Waals surface area (Å²) in [6.07, 6.45) is 0.433. The highest BCUT2D eigenvalue weighted by Crippen LogP contribution is 2.36. The zero-order chi connectivity index (χ0) is 23.0. The first-order valence-corrected chi connectivity index (χ1v) is 11.4. The quantitative estimate of drug-likeness (QED) is 0.432. The standard InChI is InChI=1S/C28H28O5/c1-2-24-23(19-18-20-12-6-3-7-13-20)25(32-26(29)21-14-8-4-9-15-21)28(31-24)33-27(30)22-16-10-5-11-17-22/h3-17,23-25,28H,2,18-19H2,1H3/t23-,24+,25?,28+/m0/s1. The van der Waals surface area contributed by atoms with E-state index in [-0.39, 0.29) is 12.0 Å². The molecule has 0 saturated carbocycles. The summed E-state index contributed by atoms with van der Waals surface area (Å²) in [5.41, 5.74) is 2.08. The SMILES string of the molecule is CC[C@H]1O[C@H](OC(=O)c2ccccc2)C(OC(=O)c2ccccc2)[C@H]1CCc1ccccc1. The van der Waals surface area contributed by atoms with Gasteiger partial charge in [-0.15, -0.1) is 0 Å². The number of benzene rings is 3. The van der Waals surface area contributed by atoms with Crippen LogP contribution in [0.15, 0.2) is 91.0 Å². The van der Waals surface area contributed by atoms with Gasteiger partial charge in [0.15, 0.2) is 6.10 Å². The summed E-state index contributed by atoms with van der Waals surface area (Å²) in [6.45, 7) is 2.03. The molecular weight excluding hydrogens is 416 g/mol. The molecule has 0 aliphatic carbocycles. The van der Waals surface area contributed by atoms with Gasteiger partial charge in [-0.05, 0) is 49.1 Å². The van der Waals surface area contributed by atoms with E-state index in [4.69, 9.17) is 14.2 Å². The minimum Gasteiger partial charge on any atom is -0.452 e. The molecule has 5 nitrogen and oxygen atoms in total. The number of esters is 2. The minimum absolute atomic E-state index is 0.101. The molecule has 0 spiro atoms. The minimum atomic E-state index is -0.962. The number of ether oxygens (including phenoxy) is 3. The maximum atomic E-state index is 12.9. The number of hydrogen-bond donors (Lipinski definition) is 0. The Morgan fingerprint density at radius 1 is 0.758 bits per heavy atom. The predicted octanol–water partition coefficient (Wildman–Crippen LogP) is 5.45. The Kier molecular flexibility index (Phi) is 7.53. The second-order valence-corrected chi connectivity index (χ2v) is 8.15. The molecule has 33 heavy (non-hydrogen) atoms. The molecule has 0 aromatic heterocycles. The van der Waals surface area contributed by atoms with Gasteiger partial charge in [-0.25, -0.2) is 9.59 Å². The van der Waals surface area contributed by atoms with E-state index in [1.54, 1.807) is 48.5 Å². The van der Waals surface area contributed by atoms with Gasteiger partial charge in [-0.3, -0.25) is 0 Å². The first-order chi connectivity index (χ1) is 16.2. The van der Waals surface area contributed by atoms with Crippen LogP contribution in [-0.2, 0) is 20.6 Å². The van der Waals surface area contributed by atoms with Crippen LogP contribution in [0.25, 0.3) is 0 Å². The van der Waals surface area contributed by atoms with Crippen molar-refractivity contribution in [2.45, 2.75) is 44.7 Å². The second-order valence-electron chi connectivity index (χ2n) is 8.15. The topological polar surface area (TPSA) is 61.8 Å². The molecule has 0 amide bonds. The number of hydrogen-bond acceptors (Lipinski definition) is 5. The molecule has 0 N–H and O–H groups in total. The lowest BCUT2D eigenvalue weighted by Crippen LogP contribution is -2.36. The molecule has 4 atom stereocenters. The molecule has 1 unspecified atom stereocenters. The van der Waals surface area contributed by atoms with Crippen LogP contribution < -0.4 is 0 Å². The third kappa shape index (κ3) is 5.68. The van der Waals surface area contributed by atoms with E-state index in [0.29, 0.717) is 11.1 Å². The van der Waals surface area contributed by atoms with E-state index < -0.39 is 24.3 Å². The first-order valence-electron chi connectivity index (χ1n) is 11.4. The molecule has 1 fully saturated rings. The monoisotopic (exact) mass is 444 g/mol. The highest BCUT2D eigenvalue weighted by molar-refractivity contribution is 5.90. The fourth-order valence-electron chi connectivity index (χ4n) is 4.24. The average Bonchev–Trinajstić information content (AvgIpc) is 3.20. The van der Waals surface area contributed by atoms with Crippen molar-refractivity contribution in [2.24, 2.45) is 5.92 Å². The van der Waals surface area contributed by atoms with Crippen molar-refractivity contribution in [3.05, 3.63) is 108 Å². The van der Waals surface area contributed by atoms with Gasteiger partial charge >= 0.3 is 11.9 Å². The predicted molar refractivity (Wildman–Crippen MR) is 125 cm³/mol. The Labute approximate surface area is 194 Å². The third-order valence-corrected chi connectivity index (χ3v) is 5.97. The Balaban J connectivity index is 1.55. The zero-order valence-corrected chi connectivity index (χ0v) is 18.6. The highest BCUT2D eigenvalue weighted by atomic mass is 16.7. The summed E-state index contributed by atoms with van der Waals surface area (Å²) in [4.78, 5) is 25.6. The summed E-state index contributed by atoms with van der Waals surface area (Å²) in [5.74, 6) is -1.05. The van der Waals surface area contributed by atoms with Crippen molar-refractivity contribution in [3.63, 3.8) is 0 Å². The van der Waals surface area contributed by atoms with E-state index in [0.717, 1.165) is 19.3 Å². The fourth-order valence-corrected chi connectivity index (χ4v) is 4.24. The lowest BCUT2D eigenvalue weighted by Gasteiger charge is -2.24. The molecule has 5 heteroatoms. The number of aryl methyl sites for hydroxylation is 1. The molecule has 1 aliphatic heterocycles. The van der Waals surface area contributed by atoms with Crippen LogP contribution in [0.5, 0.6) is 0 Å². The second kappa shape index (κ2) is 10.9. The van der Waals surface area contributed by atoms with Crippen LogP contribution in [0.3, 0.4) is 0 Å².